The average Bonchev–Trinajstić information content (AvgIpc) is 2.97. The first-order valence-electron chi connectivity index (χ1n) is 13.9. The number of hydrogen-bond donors (Lipinski definition) is 3. The average molecular weight is 503 g/mol. The minimum absolute atomic E-state index is 0.00488. The molecular weight excluding hydrogens is 456 g/mol. The number of Topliss-reactive ketones (excluding diaryl/α,β-unsaturated/α-hetero) is 2. The van der Waals surface area contributed by atoms with Gasteiger partial charge in [-0.15, -0.1) is 0 Å². The Morgan fingerprint density at radius 2 is 1.64 bits per heavy atom. The van der Waals surface area contributed by atoms with E-state index < -0.39 is 28.8 Å². The van der Waals surface area contributed by atoms with Gasteiger partial charge in [-0.25, -0.2) is 0 Å². The van der Waals surface area contributed by atoms with Crippen molar-refractivity contribution in [2.75, 3.05) is 0 Å². The lowest BCUT2D eigenvalue weighted by Crippen LogP contribution is -2.58. The lowest BCUT2D eigenvalue weighted by atomic mass is 9.43. The number of carbonyl (C=O) groups is 3. The van der Waals surface area contributed by atoms with E-state index in [1.165, 1.54) is 0 Å². The first kappa shape index (κ1) is 27.5. The number of aliphatic hydroxyl groups excluding tert-OH is 2. The summed E-state index contributed by atoms with van der Waals surface area (Å²) < 4.78 is 0. The van der Waals surface area contributed by atoms with E-state index >= 15 is 0 Å². The van der Waals surface area contributed by atoms with Crippen LogP contribution < -0.4 is 0 Å². The third-order valence-corrected chi connectivity index (χ3v) is 11.8. The van der Waals surface area contributed by atoms with E-state index in [0.29, 0.717) is 19.3 Å². The molecule has 4 rings (SSSR count). The third kappa shape index (κ3) is 3.68. The van der Waals surface area contributed by atoms with Crippen molar-refractivity contribution >= 4 is 17.5 Å². The number of allylic oxidation sites excluding steroid dienone is 1. The lowest BCUT2D eigenvalue weighted by Gasteiger charge is -2.61. The molecule has 2 saturated carbocycles. The number of carboxylic acids is 1. The molecule has 0 aromatic heterocycles. The van der Waals surface area contributed by atoms with Gasteiger partial charge in [0, 0.05) is 30.3 Å². The maximum absolute atomic E-state index is 14.1. The van der Waals surface area contributed by atoms with Crippen molar-refractivity contribution < 1.29 is 29.7 Å². The summed E-state index contributed by atoms with van der Waals surface area (Å²) >= 11 is 0. The Balaban J connectivity index is 1.69. The summed E-state index contributed by atoms with van der Waals surface area (Å²) in [6.45, 7) is 14.3. The Kier molecular flexibility index (Phi) is 6.69. The second-order valence-electron chi connectivity index (χ2n) is 14.0. The Hall–Kier alpha value is -1.53. The van der Waals surface area contributed by atoms with Crippen molar-refractivity contribution in [2.24, 2.45) is 45.3 Å². The molecule has 0 saturated heterocycles. The van der Waals surface area contributed by atoms with Crippen LogP contribution in [0.25, 0.3) is 0 Å². The van der Waals surface area contributed by atoms with Gasteiger partial charge in [-0.3, -0.25) is 14.4 Å². The van der Waals surface area contributed by atoms with E-state index in [2.05, 4.69) is 34.6 Å². The van der Waals surface area contributed by atoms with Crippen molar-refractivity contribution in [3.8, 4) is 0 Å². The number of rotatable bonds is 6. The first-order valence-corrected chi connectivity index (χ1v) is 13.9. The molecule has 0 aliphatic heterocycles. The number of ketones is 2. The van der Waals surface area contributed by atoms with E-state index in [4.69, 9.17) is 0 Å². The fourth-order valence-electron chi connectivity index (χ4n) is 9.45. The zero-order valence-electron chi connectivity index (χ0n) is 23.2. The highest BCUT2D eigenvalue weighted by molar-refractivity contribution is 6.00. The Morgan fingerprint density at radius 1 is 1.00 bits per heavy atom. The van der Waals surface area contributed by atoms with Crippen molar-refractivity contribution in [1.82, 2.24) is 0 Å². The first-order chi connectivity index (χ1) is 16.5. The van der Waals surface area contributed by atoms with Gasteiger partial charge in [0.05, 0.1) is 18.1 Å². The number of carboxylic acid groups (broad SMARTS) is 1. The molecule has 9 atom stereocenters. The van der Waals surface area contributed by atoms with Crippen LogP contribution in [0.4, 0.5) is 0 Å². The van der Waals surface area contributed by atoms with Crippen LogP contribution in [-0.2, 0) is 14.4 Å². The third-order valence-electron chi connectivity index (χ3n) is 11.8. The molecule has 0 bridgehead atoms. The SMILES string of the molecule is CC(CC(=O)C[C@@H](C)[C@H]1C[C@H](O)[C@@]2(C)C3=C(C(=O)C[C@]12C)[C@@]1(C)CC[C@H](O)C(C)(C)[C@@H]1CC3)C(=O)O. The number of hydrogen-bond acceptors (Lipinski definition) is 5. The summed E-state index contributed by atoms with van der Waals surface area (Å²) in [4.78, 5) is 38.0. The summed E-state index contributed by atoms with van der Waals surface area (Å²) in [5.74, 6) is -1.40. The highest BCUT2D eigenvalue weighted by atomic mass is 16.4. The van der Waals surface area contributed by atoms with Crippen molar-refractivity contribution in [1.29, 1.82) is 0 Å². The quantitative estimate of drug-likeness (QED) is 0.474. The highest BCUT2D eigenvalue weighted by Gasteiger charge is 2.68. The van der Waals surface area contributed by atoms with Gasteiger partial charge in [-0.1, -0.05) is 54.0 Å². The predicted molar refractivity (Wildman–Crippen MR) is 137 cm³/mol. The molecule has 4 aliphatic carbocycles. The van der Waals surface area contributed by atoms with Gasteiger partial charge in [0.1, 0.15) is 5.78 Å². The van der Waals surface area contributed by atoms with Crippen LogP contribution in [0.2, 0.25) is 0 Å². The van der Waals surface area contributed by atoms with Gasteiger partial charge in [0.2, 0.25) is 0 Å². The predicted octanol–water partition coefficient (Wildman–Crippen LogP) is 4.95. The molecule has 3 N–H and O–H groups in total. The van der Waals surface area contributed by atoms with E-state index in [0.717, 1.165) is 30.4 Å². The molecule has 4 aliphatic rings. The van der Waals surface area contributed by atoms with Crippen molar-refractivity contribution in [2.45, 2.75) is 112 Å². The molecule has 0 aromatic carbocycles. The minimum Gasteiger partial charge on any atom is -0.481 e. The molecule has 0 spiro atoms. The number of aliphatic hydroxyl groups is 2. The molecule has 0 aromatic rings. The standard InChI is InChI=1S/C30H46O6/c1-16(12-18(31)13-17(2)26(35)36)20-14-24(34)30(7)19-8-9-22-27(3,4)23(33)10-11-28(22,5)25(19)21(32)15-29(20,30)6/h16-17,20,22-24,33-34H,8-15H2,1-7H3,(H,35,36)/t16-,17?,20-,22+,23+,24+,28+,29-,30-/m1/s1. The van der Waals surface area contributed by atoms with Crippen LogP contribution in [-0.4, -0.2) is 45.1 Å². The Bertz CT molecular complexity index is 995. The summed E-state index contributed by atoms with van der Waals surface area (Å²) in [7, 11) is 0. The van der Waals surface area contributed by atoms with Crippen LogP contribution in [0.15, 0.2) is 11.1 Å². The van der Waals surface area contributed by atoms with Gasteiger partial charge in [0.15, 0.2) is 5.78 Å². The van der Waals surface area contributed by atoms with Crippen LogP contribution in [0.1, 0.15) is 99.8 Å². The molecule has 202 valence electrons. The van der Waals surface area contributed by atoms with Gasteiger partial charge in [0.25, 0.3) is 0 Å². The molecule has 0 heterocycles. The van der Waals surface area contributed by atoms with Crippen LogP contribution in [0, 0.1) is 45.3 Å². The van der Waals surface area contributed by atoms with Gasteiger partial charge in [-0.05, 0) is 66.1 Å². The molecule has 2 fully saturated rings. The fraction of sp³-hybridized carbons (Fsp3) is 0.833. The van der Waals surface area contributed by atoms with Crippen molar-refractivity contribution in [3.63, 3.8) is 0 Å². The molecule has 6 heteroatoms. The summed E-state index contributed by atoms with van der Waals surface area (Å²) in [6.07, 6.45) is 3.34. The smallest absolute Gasteiger partial charge is 0.306 e. The number of fused-ring (bicyclic) bond motifs is 4. The monoisotopic (exact) mass is 502 g/mol. The lowest BCUT2D eigenvalue weighted by molar-refractivity contribution is -0.143. The number of carbonyl (C=O) groups excluding carboxylic acids is 2. The summed E-state index contributed by atoms with van der Waals surface area (Å²) in [5, 5.41) is 31.6. The molecule has 1 unspecified atom stereocenters. The summed E-state index contributed by atoms with van der Waals surface area (Å²) in [5.41, 5.74) is 0.474. The van der Waals surface area contributed by atoms with Gasteiger partial charge in [-0.2, -0.15) is 0 Å². The molecule has 0 amide bonds. The largest absolute Gasteiger partial charge is 0.481 e. The van der Waals surface area contributed by atoms with Crippen molar-refractivity contribution in [3.05, 3.63) is 11.1 Å². The highest BCUT2D eigenvalue weighted by Crippen LogP contribution is 2.71. The van der Waals surface area contributed by atoms with E-state index in [-0.39, 0.29) is 59.1 Å². The van der Waals surface area contributed by atoms with Gasteiger partial charge >= 0.3 is 5.97 Å². The minimum atomic E-state index is -0.966. The second kappa shape index (κ2) is 8.76. The maximum atomic E-state index is 14.1. The zero-order valence-corrected chi connectivity index (χ0v) is 23.2. The number of aliphatic carboxylic acids is 1. The van der Waals surface area contributed by atoms with E-state index in [1.807, 2.05) is 6.92 Å². The molecule has 36 heavy (non-hydrogen) atoms. The van der Waals surface area contributed by atoms with Gasteiger partial charge < -0.3 is 15.3 Å². The van der Waals surface area contributed by atoms with Crippen LogP contribution in [0.3, 0.4) is 0 Å². The topological polar surface area (TPSA) is 112 Å². The summed E-state index contributed by atoms with van der Waals surface area (Å²) in [6, 6.07) is 0. The van der Waals surface area contributed by atoms with E-state index in [1.54, 1.807) is 6.92 Å². The molecule has 0 radical (unpaired) electrons. The molecule has 6 nitrogen and oxygen atoms in total. The second-order valence-corrected chi connectivity index (χ2v) is 14.0. The molecular formula is C30H46O6. The van der Waals surface area contributed by atoms with Crippen LogP contribution in [0.5, 0.6) is 0 Å². The zero-order chi connectivity index (χ0) is 27.0. The maximum Gasteiger partial charge on any atom is 0.306 e. The normalized spacial score (nSPS) is 43.3. The Labute approximate surface area is 215 Å². The Morgan fingerprint density at radius 3 is 2.25 bits per heavy atom. The van der Waals surface area contributed by atoms with E-state index in [9.17, 15) is 29.7 Å². The van der Waals surface area contributed by atoms with Crippen LogP contribution >= 0.6 is 0 Å². The fourth-order valence-corrected chi connectivity index (χ4v) is 9.45.